The van der Waals surface area contributed by atoms with Crippen LogP contribution in [0.1, 0.15) is 27.9 Å². The molecule has 0 aliphatic carbocycles. The molecule has 1 fully saturated rings. The number of hydrogen-bond donors (Lipinski definition) is 2. The Balaban J connectivity index is 2.13. The summed E-state index contributed by atoms with van der Waals surface area (Å²) in [6.45, 7) is 3.61. The van der Waals surface area contributed by atoms with E-state index < -0.39 is 15.4 Å². The Bertz CT molecular complexity index is 572. The number of carbonyl (C=O) groups is 1. The minimum atomic E-state index is -3.02. The van der Waals surface area contributed by atoms with Crippen molar-refractivity contribution in [3.05, 3.63) is 15.8 Å². The van der Waals surface area contributed by atoms with Gasteiger partial charge in [-0.05, 0) is 26.3 Å². The summed E-state index contributed by atoms with van der Waals surface area (Å²) in [6.07, 6.45) is 0.459. The summed E-state index contributed by atoms with van der Waals surface area (Å²) in [5.74, 6) is -0.111. The van der Waals surface area contributed by atoms with Crippen molar-refractivity contribution in [3.8, 4) is 0 Å². The van der Waals surface area contributed by atoms with Crippen molar-refractivity contribution in [2.24, 2.45) is 0 Å². The van der Waals surface area contributed by atoms with Gasteiger partial charge in [-0.2, -0.15) is 0 Å². The highest BCUT2D eigenvalue weighted by Gasteiger charge is 2.39. The minimum absolute atomic E-state index is 0.00554. The molecule has 1 atom stereocenters. The quantitative estimate of drug-likeness (QED) is 0.847. The van der Waals surface area contributed by atoms with Crippen molar-refractivity contribution in [2.75, 3.05) is 17.2 Å². The molecular weight excluding hydrogens is 272 g/mol. The number of thiophene rings is 1. The summed E-state index contributed by atoms with van der Waals surface area (Å²) in [5.41, 5.74) is 5.63. The van der Waals surface area contributed by atoms with E-state index in [2.05, 4.69) is 5.32 Å². The van der Waals surface area contributed by atoms with Crippen LogP contribution in [0.5, 0.6) is 0 Å². The molecule has 1 aromatic rings. The Morgan fingerprint density at radius 3 is 2.67 bits per heavy atom. The first-order valence-corrected chi connectivity index (χ1v) is 8.23. The van der Waals surface area contributed by atoms with Crippen molar-refractivity contribution < 1.29 is 13.2 Å². The topological polar surface area (TPSA) is 89.3 Å². The Hall–Kier alpha value is -1.08. The molecule has 0 saturated carbocycles. The molecule has 7 heteroatoms. The number of anilines is 1. The van der Waals surface area contributed by atoms with Crippen molar-refractivity contribution >= 4 is 32.8 Å². The molecule has 2 rings (SSSR count). The third-order valence-electron chi connectivity index (χ3n) is 3.10. The van der Waals surface area contributed by atoms with Gasteiger partial charge in [0.25, 0.3) is 5.91 Å². The first kappa shape index (κ1) is 13.4. The molecule has 2 heterocycles. The first-order valence-electron chi connectivity index (χ1n) is 5.60. The predicted molar refractivity (Wildman–Crippen MR) is 72.6 cm³/mol. The lowest BCUT2D eigenvalue weighted by Gasteiger charge is -2.23. The normalized spacial score (nSPS) is 26.1. The summed E-state index contributed by atoms with van der Waals surface area (Å²) in [6, 6.07) is 1.63. The van der Waals surface area contributed by atoms with E-state index in [9.17, 15) is 13.2 Å². The Labute approximate surface area is 110 Å². The molecule has 3 N–H and O–H groups in total. The van der Waals surface area contributed by atoms with Crippen LogP contribution in [0.2, 0.25) is 0 Å². The van der Waals surface area contributed by atoms with Crippen molar-refractivity contribution in [3.63, 3.8) is 0 Å². The van der Waals surface area contributed by atoms with Crippen LogP contribution in [-0.4, -0.2) is 31.4 Å². The smallest absolute Gasteiger partial charge is 0.261 e. The van der Waals surface area contributed by atoms with E-state index in [4.69, 9.17) is 5.73 Å². The van der Waals surface area contributed by atoms with E-state index in [-0.39, 0.29) is 17.4 Å². The second kappa shape index (κ2) is 4.24. The summed E-state index contributed by atoms with van der Waals surface area (Å²) in [7, 11) is -3.02. The number of aryl methyl sites for hydroxylation is 1. The van der Waals surface area contributed by atoms with Gasteiger partial charge in [0.05, 0.1) is 21.9 Å². The van der Waals surface area contributed by atoms with E-state index in [1.54, 1.807) is 13.0 Å². The fourth-order valence-electron chi connectivity index (χ4n) is 2.05. The lowest BCUT2D eigenvalue weighted by molar-refractivity contribution is 0.0919. The predicted octanol–water partition coefficient (Wildman–Crippen LogP) is 0.946. The van der Waals surface area contributed by atoms with Gasteiger partial charge >= 0.3 is 0 Å². The summed E-state index contributed by atoms with van der Waals surface area (Å²) >= 11 is 1.32. The van der Waals surface area contributed by atoms with Crippen LogP contribution in [0.4, 0.5) is 5.69 Å². The first-order chi connectivity index (χ1) is 8.21. The maximum Gasteiger partial charge on any atom is 0.261 e. The van der Waals surface area contributed by atoms with Gasteiger partial charge in [0.1, 0.15) is 0 Å². The third kappa shape index (κ3) is 2.67. The highest BCUT2D eigenvalue weighted by Crippen LogP contribution is 2.26. The number of amides is 1. The number of carbonyl (C=O) groups excluding carboxylic acids is 1. The Morgan fingerprint density at radius 1 is 1.56 bits per heavy atom. The van der Waals surface area contributed by atoms with Crippen LogP contribution >= 0.6 is 11.3 Å². The number of nitrogens with two attached hydrogens (primary N) is 1. The van der Waals surface area contributed by atoms with Gasteiger partial charge in [-0.15, -0.1) is 11.3 Å². The molecule has 1 amide bonds. The molecule has 100 valence electrons. The monoisotopic (exact) mass is 288 g/mol. The number of hydrogen-bond acceptors (Lipinski definition) is 5. The maximum absolute atomic E-state index is 12.0. The fraction of sp³-hybridized carbons (Fsp3) is 0.545. The summed E-state index contributed by atoms with van der Waals surface area (Å²) in [4.78, 5) is 13.4. The largest absolute Gasteiger partial charge is 0.398 e. The molecule has 0 spiro atoms. The van der Waals surface area contributed by atoms with E-state index in [0.29, 0.717) is 17.0 Å². The lowest BCUT2D eigenvalue weighted by atomic mass is 10.0. The van der Waals surface area contributed by atoms with Crippen LogP contribution in [0.25, 0.3) is 0 Å². The van der Waals surface area contributed by atoms with E-state index in [0.717, 1.165) is 4.88 Å². The van der Waals surface area contributed by atoms with Crippen LogP contribution in [0.3, 0.4) is 0 Å². The van der Waals surface area contributed by atoms with E-state index in [1.165, 1.54) is 11.3 Å². The van der Waals surface area contributed by atoms with Gasteiger partial charge in [-0.1, -0.05) is 0 Å². The summed E-state index contributed by atoms with van der Waals surface area (Å²) < 4.78 is 22.9. The van der Waals surface area contributed by atoms with Crippen molar-refractivity contribution in [1.29, 1.82) is 0 Å². The van der Waals surface area contributed by atoms with E-state index >= 15 is 0 Å². The molecule has 0 bridgehead atoms. The molecule has 5 nitrogen and oxygen atoms in total. The average molecular weight is 288 g/mol. The fourth-order valence-corrected chi connectivity index (χ4v) is 4.98. The highest BCUT2D eigenvalue weighted by molar-refractivity contribution is 7.91. The molecular formula is C11H16N2O3S2. The molecule has 1 aromatic heterocycles. The Kier molecular flexibility index (Phi) is 3.14. The van der Waals surface area contributed by atoms with E-state index in [1.807, 2.05) is 6.92 Å². The molecule has 1 aliphatic rings. The minimum Gasteiger partial charge on any atom is -0.398 e. The van der Waals surface area contributed by atoms with Crippen LogP contribution in [0.15, 0.2) is 6.07 Å². The van der Waals surface area contributed by atoms with Crippen molar-refractivity contribution in [2.45, 2.75) is 25.8 Å². The lowest BCUT2D eigenvalue weighted by Crippen LogP contribution is -2.46. The van der Waals surface area contributed by atoms with Crippen molar-refractivity contribution in [1.82, 2.24) is 5.32 Å². The number of sulfone groups is 1. The summed E-state index contributed by atoms with van der Waals surface area (Å²) in [5, 5.41) is 2.80. The molecule has 1 aliphatic heterocycles. The van der Waals surface area contributed by atoms with Gasteiger partial charge in [-0.3, -0.25) is 4.79 Å². The van der Waals surface area contributed by atoms with Crippen LogP contribution in [-0.2, 0) is 9.84 Å². The van der Waals surface area contributed by atoms with Gasteiger partial charge < -0.3 is 11.1 Å². The molecule has 18 heavy (non-hydrogen) atoms. The van der Waals surface area contributed by atoms with Crippen LogP contribution < -0.4 is 11.1 Å². The van der Waals surface area contributed by atoms with Gasteiger partial charge in [0.2, 0.25) is 0 Å². The van der Waals surface area contributed by atoms with Gasteiger partial charge in [-0.25, -0.2) is 8.42 Å². The second-order valence-corrected chi connectivity index (χ2v) is 8.42. The standard InChI is InChI=1S/C11H16N2O3S2/c1-7-8(12)5-9(17-7)10(14)13-11(2)3-4-18(15,16)6-11/h5H,3-4,6,12H2,1-2H3,(H,13,14). The number of rotatable bonds is 2. The van der Waals surface area contributed by atoms with Gasteiger partial charge in [0.15, 0.2) is 9.84 Å². The van der Waals surface area contributed by atoms with Gasteiger partial charge in [0, 0.05) is 10.6 Å². The van der Waals surface area contributed by atoms with Crippen LogP contribution in [0, 0.1) is 6.92 Å². The third-order valence-corrected chi connectivity index (χ3v) is 6.07. The number of nitrogens with one attached hydrogen (secondary N) is 1. The second-order valence-electron chi connectivity index (χ2n) is 4.98. The molecule has 1 saturated heterocycles. The average Bonchev–Trinajstić information content (AvgIpc) is 2.69. The SMILES string of the molecule is Cc1sc(C(=O)NC2(C)CCS(=O)(=O)C2)cc1N. The molecule has 0 aromatic carbocycles. The number of nitrogen functional groups attached to an aromatic ring is 1. The Morgan fingerprint density at radius 2 is 2.22 bits per heavy atom. The zero-order valence-electron chi connectivity index (χ0n) is 10.3. The molecule has 0 radical (unpaired) electrons. The highest BCUT2D eigenvalue weighted by atomic mass is 32.2. The zero-order valence-corrected chi connectivity index (χ0v) is 12.0. The molecule has 1 unspecified atom stereocenters. The maximum atomic E-state index is 12.0. The zero-order chi connectivity index (χ0) is 13.6.